The number of hydrogen-bond donors (Lipinski definition) is 1. The number of anilines is 1. The molecule has 0 saturated carbocycles. The molecule has 0 bridgehead atoms. The summed E-state index contributed by atoms with van der Waals surface area (Å²) in [4.78, 5) is 25.0. The molecule has 1 saturated heterocycles. The standard InChI is InChI=1S/C23H25ClN4OS/c1-16-8-9-18(24)14-19(16)25-20(29)15-30-22-21(17-6-4-3-5-7-17)26-23(27-22)10-12-28(2)13-11-23/h3-9,14H,10-13,15H2,1-2H3,(H,25,29). The molecule has 2 aliphatic rings. The lowest BCUT2D eigenvalue weighted by atomic mass is 9.99. The summed E-state index contributed by atoms with van der Waals surface area (Å²) in [5.41, 5.74) is 3.28. The first-order valence-corrected chi connectivity index (χ1v) is 11.4. The lowest BCUT2D eigenvalue weighted by Crippen LogP contribution is -2.39. The van der Waals surface area contributed by atoms with Gasteiger partial charge in [-0.1, -0.05) is 59.8 Å². The van der Waals surface area contributed by atoms with Crippen molar-refractivity contribution in [3.8, 4) is 0 Å². The van der Waals surface area contributed by atoms with Crippen LogP contribution in [0.5, 0.6) is 0 Å². The zero-order valence-electron chi connectivity index (χ0n) is 17.2. The van der Waals surface area contributed by atoms with E-state index < -0.39 is 0 Å². The number of nitrogens with zero attached hydrogens (tertiary/aromatic N) is 3. The lowest BCUT2D eigenvalue weighted by Gasteiger charge is -2.33. The molecule has 2 heterocycles. The zero-order chi connectivity index (χ0) is 21.1. The van der Waals surface area contributed by atoms with E-state index in [1.807, 2.05) is 37.3 Å². The third kappa shape index (κ3) is 4.77. The second-order valence-corrected chi connectivity index (χ2v) is 9.23. The van der Waals surface area contributed by atoms with E-state index in [9.17, 15) is 4.79 Å². The normalized spacial score (nSPS) is 18.2. The minimum Gasteiger partial charge on any atom is -0.325 e. The third-order valence-electron chi connectivity index (χ3n) is 5.48. The quantitative estimate of drug-likeness (QED) is 0.753. The number of aryl methyl sites for hydroxylation is 1. The maximum Gasteiger partial charge on any atom is 0.234 e. The number of rotatable bonds is 4. The number of halogens is 1. The van der Waals surface area contributed by atoms with Gasteiger partial charge in [0.1, 0.15) is 5.04 Å². The van der Waals surface area contributed by atoms with Gasteiger partial charge >= 0.3 is 0 Å². The summed E-state index contributed by atoms with van der Waals surface area (Å²) in [5, 5.41) is 4.41. The van der Waals surface area contributed by atoms with Gasteiger partial charge in [0.25, 0.3) is 0 Å². The largest absolute Gasteiger partial charge is 0.325 e. The number of amides is 1. The number of nitrogens with one attached hydrogen (secondary N) is 1. The van der Waals surface area contributed by atoms with Crippen molar-refractivity contribution in [1.29, 1.82) is 0 Å². The van der Waals surface area contributed by atoms with Gasteiger partial charge in [0, 0.05) is 42.2 Å². The molecule has 4 rings (SSSR count). The Hall–Kier alpha value is -2.15. The van der Waals surface area contributed by atoms with Crippen LogP contribution in [0.25, 0.3) is 0 Å². The molecule has 0 radical (unpaired) electrons. The summed E-state index contributed by atoms with van der Waals surface area (Å²) in [6.45, 7) is 3.90. The maximum absolute atomic E-state index is 12.6. The van der Waals surface area contributed by atoms with E-state index >= 15 is 0 Å². The Balaban J connectivity index is 1.50. The highest BCUT2D eigenvalue weighted by molar-refractivity contribution is 8.16. The smallest absolute Gasteiger partial charge is 0.234 e. The number of piperidine rings is 1. The maximum atomic E-state index is 12.6. The number of carbonyl (C=O) groups is 1. The van der Waals surface area contributed by atoms with Crippen LogP contribution >= 0.6 is 23.4 Å². The van der Waals surface area contributed by atoms with Crippen molar-refractivity contribution in [2.24, 2.45) is 9.98 Å². The fraction of sp³-hybridized carbons (Fsp3) is 0.348. The Labute approximate surface area is 186 Å². The summed E-state index contributed by atoms with van der Waals surface area (Å²) in [6, 6.07) is 15.6. The Morgan fingerprint density at radius 1 is 1.17 bits per heavy atom. The summed E-state index contributed by atoms with van der Waals surface area (Å²) in [7, 11) is 2.13. The van der Waals surface area contributed by atoms with E-state index in [-0.39, 0.29) is 17.3 Å². The highest BCUT2D eigenvalue weighted by Crippen LogP contribution is 2.35. The topological polar surface area (TPSA) is 57.1 Å². The van der Waals surface area contributed by atoms with Crippen LogP contribution in [0.3, 0.4) is 0 Å². The minimum atomic E-state index is -0.389. The van der Waals surface area contributed by atoms with Gasteiger partial charge in [-0.3, -0.25) is 9.79 Å². The first kappa shape index (κ1) is 21.1. The van der Waals surface area contributed by atoms with Crippen molar-refractivity contribution < 1.29 is 4.79 Å². The van der Waals surface area contributed by atoms with Gasteiger partial charge in [-0.15, -0.1) is 0 Å². The average molecular weight is 441 g/mol. The van der Waals surface area contributed by atoms with Gasteiger partial charge in [-0.25, -0.2) is 4.99 Å². The van der Waals surface area contributed by atoms with Gasteiger partial charge in [0.05, 0.1) is 11.5 Å². The van der Waals surface area contributed by atoms with E-state index in [4.69, 9.17) is 21.6 Å². The molecule has 156 valence electrons. The summed E-state index contributed by atoms with van der Waals surface area (Å²) < 4.78 is 0. The summed E-state index contributed by atoms with van der Waals surface area (Å²) in [5.74, 6) is 0.192. The van der Waals surface area contributed by atoms with Crippen molar-refractivity contribution in [2.45, 2.75) is 25.4 Å². The Kier molecular flexibility index (Phi) is 6.27. The summed E-state index contributed by atoms with van der Waals surface area (Å²) in [6.07, 6.45) is 1.80. The zero-order valence-corrected chi connectivity index (χ0v) is 18.8. The minimum absolute atomic E-state index is 0.0789. The second kappa shape index (κ2) is 8.92. The number of benzene rings is 2. The number of thioether (sulfide) groups is 1. The first-order chi connectivity index (χ1) is 14.4. The van der Waals surface area contributed by atoms with Gasteiger partial charge in [-0.2, -0.15) is 0 Å². The number of aliphatic imine (C=N–C) groups is 2. The highest BCUT2D eigenvalue weighted by atomic mass is 35.5. The summed E-state index contributed by atoms with van der Waals surface area (Å²) >= 11 is 7.52. The molecule has 1 amide bonds. The van der Waals surface area contributed by atoms with Crippen molar-refractivity contribution in [1.82, 2.24) is 4.90 Å². The molecule has 0 atom stereocenters. The fourth-order valence-corrected chi connectivity index (χ4v) is 4.70. The average Bonchev–Trinajstić information content (AvgIpc) is 3.11. The molecule has 1 N–H and O–H groups in total. The highest BCUT2D eigenvalue weighted by Gasteiger charge is 2.39. The van der Waals surface area contributed by atoms with Crippen LogP contribution in [0, 0.1) is 6.92 Å². The van der Waals surface area contributed by atoms with Crippen LogP contribution in [0.15, 0.2) is 58.5 Å². The molecule has 2 aromatic carbocycles. The third-order valence-corrected chi connectivity index (χ3v) is 6.68. The molecule has 1 spiro atoms. The van der Waals surface area contributed by atoms with Crippen LogP contribution < -0.4 is 5.32 Å². The fourth-order valence-electron chi connectivity index (χ4n) is 3.66. The predicted octanol–water partition coefficient (Wildman–Crippen LogP) is 4.64. The van der Waals surface area contributed by atoms with Gasteiger partial charge in [-0.05, 0) is 31.7 Å². The van der Waals surface area contributed by atoms with Crippen molar-refractivity contribution >= 4 is 45.7 Å². The second-order valence-electron chi connectivity index (χ2n) is 7.83. The van der Waals surface area contributed by atoms with Crippen molar-refractivity contribution in [2.75, 3.05) is 31.2 Å². The van der Waals surface area contributed by atoms with Crippen molar-refractivity contribution in [3.05, 3.63) is 64.7 Å². The molecular weight excluding hydrogens is 416 g/mol. The SMILES string of the molecule is Cc1ccc(Cl)cc1NC(=O)CSC1=NC2(CCN(C)CC2)N=C1c1ccccc1. The molecule has 5 nitrogen and oxygen atoms in total. The molecule has 2 aromatic rings. The van der Waals surface area contributed by atoms with Crippen LogP contribution in [0.2, 0.25) is 5.02 Å². The van der Waals surface area contributed by atoms with E-state index in [0.29, 0.717) is 5.02 Å². The number of hydrogen-bond acceptors (Lipinski definition) is 5. The van der Waals surface area contributed by atoms with E-state index in [2.05, 4.69) is 29.4 Å². The van der Waals surface area contributed by atoms with Gasteiger partial charge < -0.3 is 10.2 Å². The lowest BCUT2D eigenvalue weighted by molar-refractivity contribution is -0.113. The molecular formula is C23H25ClN4OS. The molecule has 0 aliphatic carbocycles. The Morgan fingerprint density at radius 2 is 1.90 bits per heavy atom. The monoisotopic (exact) mass is 440 g/mol. The van der Waals surface area contributed by atoms with E-state index in [0.717, 1.165) is 53.5 Å². The Bertz CT molecular complexity index is 998. The van der Waals surface area contributed by atoms with Crippen LogP contribution in [-0.2, 0) is 4.79 Å². The van der Waals surface area contributed by atoms with Crippen LogP contribution in [0.4, 0.5) is 5.69 Å². The van der Waals surface area contributed by atoms with Gasteiger partial charge in [0.15, 0.2) is 5.66 Å². The van der Waals surface area contributed by atoms with E-state index in [1.165, 1.54) is 11.8 Å². The van der Waals surface area contributed by atoms with Crippen molar-refractivity contribution in [3.63, 3.8) is 0 Å². The molecule has 7 heteroatoms. The number of likely N-dealkylation sites (tertiary alicyclic amines) is 1. The predicted molar refractivity (Wildman–Crippen MR) is 127 cm³/mol. The van der Waals surface area contributed by atoms with Crippen LogP contribution in [0.1, 0.15) is 24.0 Å². The molecule has 1 fully saturated rings. The molecule has 0 aromatic heterocycles. The molecule has 0 unspecified atom stereocenters. The van der Waals surface area contributed by atoms with Gasteiger partial charge in [0.2, 0.25) is 5.91 Å². The van der Waals surface area contributed by atoms with Crippen LogP contribution in [-0.4, -0.2) is 53.1 Å². The number of carbonyl (C=O) groups excluding carboxylic acids is 1. The molecule has 2 aliphatic heterocycles. The first-order valence-electron chi connectivity index (χ1n) is 10.1. The molecule has 30 heavy (non-hydrogen) atoms. The Morgan fingerprint density at radius 3 is 2.63 bits per heavy atom. The van der Waals surface area contributed by atoms with E-state index in [1.54, 1.807) is 6.07 Å².